The monoisotopic (exact) mass is 250 g/mol. The van der Waals surface area contributed by atoms with Crippen LogP contribution < -0.4 is 16.0 Å². The molecule has 1 aliphatic rings. The summed E-state index contributed by atoms with van der Waals surface area (Å²) in [4.78, 5) is 15.5. The Kier molecular flexibility index (Phi) is 6.14. The summed E-state index contributed by atoms with van der Waals surface area (Å²) >= 11 is 0. The number of aromatic nitrogens is 1. The summed E-state index contributed by atoms with van der Waals surface area (Å²) in [5.41, 5.74) is 1.10. The predicted octanol–water partition coefficient (Wildman–Crippen LogP) is 2.11. The van der Waals surface area contributed by atoms with Crippen molar-refractivity contribution in [1.29, 1.82) is 0 Å². The number of anilines is 1. The lowest BCUT2D eigenvalue weighted by atomic mass is 10.2. The third kappa shape index (κ3) is 5.14. The van der Waals surface area contributed by atoms with E-state index < -0.39 is 0 Å². The van der Waals surface area contributed by atoms with Crippen LogP contribution in [0.4, 0.5) is 10.6 Å². The third-order valence-electron chi connectivity index (χ3n) is 2.36. The predicted molar refractivity (Wildman–Crippen MR) is 73.5 cm³/mol. The number of carbonyl (C=O) groups is 1. The molecule has 0 radical (unpaired) electrons. The first-order valence-electron chi connectivity index (χ1n) is 6.45. The van der Waals surface area contributed by atoms with E-state index in [1.807, 2.05) is 33.0 Å². The van der Waals surface area contributed by atoms with Crippen LogP contribution in [0.1, 0.15) is 32.3 Å². The number of hydrogen-bond acceptors (Lipinski definition) is 3. The average molecular weight is 250 g/mol. The van der Waals surface area contributed by atoms with Gasteiger partial charge in [-0.3, -0.25) is 5.32 Å². The zero-order valence-corrected chi connectivity index (χ0v) is 11.3. The Morgan fingerprint density at radius 3 is 2.78 bits per heavy atom. The van der Waals surface area contributed by atoms with Gasteiger partial charge in [0.2, 0.25) is 0 Å². The molecule has 1 aromatic rings. The van der Waals surface area contributed by atoms with Gasteiger partial charge in [-0.2, -0.15) is 0 Å². The van der Waals surface area contributed by atoms with Crippen molar-refractivity contribution in [3.8, 4) is 0 Å². The molecule has 18 heavy (non-hydrogen) atoms. The van der Waals surface area contributed by atoms with Crippen LogP contribution in [0.5, 0.6) is 0 Å². The summed E-state index contributed by atoms with van der Waals surface area (Å²) in [5.74, 6) is 0.589. The van der Waals surface area contributed by atoms with Crippen molar-refractivity contribution in [2.45, 2.75) is 39.3 Å². The highest BCUT2D eigenvalue weighted by atomic mass is 16.2. The molecule has 1 aliphatic carbocycles. The van der Waals surface area contributed by atoms with Gasteiger partial charge in [0.1, 0.15) is 5.82 Å². The van der Waals surface area contributed by atoms with Crippen molar-refractivity contribution < 1.29 is 4.79 Å². The summed E-state index contributed by atoms with van der Waals surface area (Å²) in [7, 11) is 1.88. The average Bonchev–Trinajstić information content (AvgIpc) is 3.16. The molecule has 2 amide bonds. The molecule has 5 heteroatoms. The lowest BCUT2D eigenvalue weighted by Gasteiger charge is -2.07. The van der Waals surface area contributed by atoms with Crippen molar-refractivity contribution >= 4 is 11.8 Å². The summed E-state index contributed by atoms with van der Waals surface area (Å²) in [6.07, 6.45) is 3.86. The molecule has 0 spiro atoms. The smallest absolute Gasteiger partial charge is 0.320 e. The molecule has 0 bridgehead atoms. The summed E-state index contributed by atoms with van der Waals surface area (Å²) in [6.45, 7) is 4.77. The highest BCUT2D eigenvalue weighted by Gasteiger charge is 2.23. The second-order valence-corrected chi connectivity index (χ2v) is 3.95. The van der Waals surface area contributed by atoms with Gasteiger partial charge in [-0.25, -0.2) is 9.78 Å². The fraction of sp³-hybridized carbons (Fsp3) is 0.538. The molecular weight excluding hydrogens is 228 g/mol. The number of nitrogens with zero attached hydrogens (tertiary/aromatic N) is 1. The van der Waals surface area contributed by atoms with Crippen LogP contribution in [0, 0.1) is 0 Å². The zero-order valence-electron chi connectivity index (χ0n) is 11.3. The van der Waals surface area contributed by atoms with Gasteiger partial charge in [-0.1, -0.05) is 13.8 Å². The first-order valence-corrected chi connectivity index (χ1v) is 6.45. The van der Waals surface area contributed by atoms with Crippen LogP contribution in [0.15, 0.2) is 18.3 Å². The minimum Gasteiger partial charge on any atom is -0.335 e. The number of nitrogens with one attached hydrogen (secondary N) is 3. The Hall–Kier alpha value is -1.62. The van der Waals surface area contributed by atoms with Gasteiger partial charge < -0.3 is 10.6 Å². The van der Waals surface area contributed by atoms with Gasteiger partial charge >= 0.3 is 6.03 Å². The second-order valence-electron chi connectivity index (χ2n) is 3.95. The largest absolute Gasteiger partial charge is 0.335 e. The summed E-state index contributed by atoms with van der Waals surface area (Å²) in [5, 5.41) is 8.62. The van der Waals surface area contributed by atoms with Gasteiger partial charge in [0.05, 0.1) is 0 Å². The zero-order chi connectivity index (χ0) is 13.4. The van der Waals surface area contributed by atoms with Crippen LogP contribution >= 0.6 is 0 Å². The number of amides is 2. The second kappa shape index (κ2) is 7.66. The molecule has 0 saturated heterocycles. The van der Waals surface area contributed by atoms with Crippen molar-refractivity contribution in [3.05, 3.63) is 23.9 Å². The first kappa shape index (κ1) is 14.4. The molecule has 2 rings (SSSR count). The summed E-state index contributed by atoms with van der Waals surface area (Å²) < 4.78 is 0. The van der Waals surface area contributed by atoms with E-state index in [9.17, 15) is 4.79 Å². The molecule has 0 atom stereocenters. The van der Waals surface area contributed by atoms with Crippen molar-refractivity contribution in [3.63, 3.8) is 0 Å². The molecule has 5 nitrogen and oxygen atoms in total. The maximum absolute atomic E-state index is 11.5. The number of urea groups is 1. The van der Waals surface area contributed by atoms with E-state index in [-0.39, 0.29) is 6.03 Å². The quantitative estimate of drug-likeness (QED) is 0.766. The fourth-order valence-electron chi connectivity index (χ4n) is 1.42. The maximum Gasteiger partial charge on any atom is 0.320 e. The summed E-state index contributed by atoms with van der Waals surface area (Å²) in [6, 6.07) is 3.97. The first-order chi connectivity index (χ1) is 8.78. The standard InChI is InChI=1S/C11H16N4O.C2H6/c1-12-7-8-4-5-13-10(6-8)15-11(16)14-9-2-3-9;1-2/h4-6,9,12H,2-3,7H2,1H3,(H2,13,14,15,16);1-2H3. The Bertz CT molecular complexity index is 377. The molecule has 0 aliphatic heterocycles. The number of pyridine rings is 1. The number of carbonyl (C=O) groups excluding carboxylic acids is 1. The van der Waals surface area contributed by atoms with Gasteiger partial charge in [0, 0.05) is 18.8 Å². The van der Waals surface area contributed by atoms with Gasteiger partial charge in [0.25, 0.3) is 0 Å². The minimum absolute atomic E-state index is 0.170. The Labute approximate surface area is 108 Å². The van der Waals surface area contributed by atoms with Crippen LogP contribution in [-0.2, 0) is 6.54 Å². The molecular formula is C13H22N4O. The molecule has 1 heterocycles. The molecule has 0 aromatic carbocycles. The lowest BCUT2D eigenvalue weighted by molar-refractivity contribution is 0.251. The van der Waals surface area contributed by atoms with Gasteiger partial charge in [-0.15, -0.1) is 0 Å². The third-order valence-corrected chi connectivity index (χ3v) is 2.36. The van der Waals surface area contributed by atoms with E-state index >= 15 is 0 Å². The van der Waals surface area contributed by atoms with Crippen molar-refractivity contribution in [2.75, 3.05) is 12.4 Å². The normalized spacial score (nSPS) is 13.3. The molecule has 1 aromatic heterocycles. The van der Waals surface area contributed by atoms with E-state index in [0.29, 0.717) is 11.9 Å². The van der Waals surface area contributed by atoms with E-state index in [2.05, 4.69) is 20.9 Å². The molecule has 0 unspecified atom stereocenters. The van der Waals surface area contributed by atoms with Crippen molar-refractivity contribution in [2.24, 2.45) is 0 Å². The van der Waals surface area contributed by atoms with Gasteiger partial charge in [0.15, 0.2) is 0 Å². The SMILES string of the molecule is CC.CNCc1ccnc(NC(=O)NC2CC2)c1. The molecule has 100 valence electrons. The van der Waals surface area contributed by atoms with Crippen LogP contribution in [-0.4, -0.2) is 24.1 Å². The Morgan fingerprint density at radius 2 is 2.17 bits per heavy atom. The molecule has 1 fully saturated rings. The highest BCUT2D eigenvalue weighted by molar-refractivity contribution is 5.88. The highest BCUT2D eigenvalue weighted by Crippen LogP contribution is 2.18. The number of hydrogen-bond donors (Lipinski definition) is 3. The minimum atomic E-state index is -0.170. The van der Waals surface area contributed by atoms with Gasteiger partial charge in [-0.05, 0) is 37.6 Å². The van der Waals surface area contributed by atoms with Crippen LogP contribution in [0.2, 0.25) is 0 Å². The van der Waals surface area contributed by atoms with Crippen LogP contribution in [0.3, 0.4) is 0 Å². The Balaban J connectivity index is 0.000000771. The maximum atomic E-state index is 11.5. The fourth-order valence-corrected chi connectivity index (χ4v) is 1.42. The number of rotatable bonds is 4. The van der Waals surface area contributed by atoms with E-state index in [0.717, 1.165) is 24.9 Å². The van der Waals surface area contributed by atoms with E-state index in [4.69, 9.17) is 0 Å². The van der Waals surface area contributed by atoms with E-state index in [1.165, 1.54) is 0 Å². The Morgan fingerprint density at radius 1 is 1.44 bits per heavy atom. The van der Waals surface area contributed by atoms with Crippen molar-refractivity contribution in [1.82, 2.24) is 15.6 Å². The van der Waals surface area contributed by atoms with E-state index in [1.54, 1.807) is 6.20 Å². The molecule has 1 saturated carbocycles. The topological polar surface area (TPSA) is 66.0 Å². The molecule has 3 N–H and O–H groups in total. The lowest BCUT2D eigenvalue weighted by Crippen LogP contribution is -2.30. The van der Waals surface area contributed by atoms with Crippen LogP contribution in [0.25, 0.3) is 0 Å².